The van der Waals surface area contributed by atoms with Gasteiger partial charge in [-0.2, -0.15) is 4.99 Å². The van der Waals surface area contributed by atoms with Gasteiger partial charge in [-0.3, -0.25) is 14.4 Å². The van der Waals surface area contributed by atoms with Gasteiger partial charge < -0.3 is 9.88 Å². The molecule has 1 aliphatic rings. The molecule has 0 fully saturated rings. The van der Waals surface area contributed by atoms with Gasteiger partial charge in [-0.05, 0) is 74.2 Å². The van der Waals surface area contributed by atoms with E-state index in [0.717, 1.165) is 36.3 Å². The zero-order chi connectivity index (χ0) is 22.7. The molecule has 0 atom stereocenters. The summed E-state index contributed by atoms with van der Waals surface area (Å²) in [7, 11) is 0. The van der Waals surface area contributed by atoms with E-state index in [2.05, 4.69) is 10.3 Å². The lowest BCUT2D eigenvalue weighted by Crippen LogP contribution is -2.24. The Hall–Kier alpha value is -3.39. The van der Waals surface area contributed by atoms with E-state index < -0.39 is 11.7 Å². The Bertz CT molecular complexity index is 1240. The lowest BCUT2D eigenvalue weighted by Gasteiger charge is -2.14. The second-order valence-electron chi connectivity index (χ2n) is 7.65. The lowest BCUT2D eigenvalue weighted by molar-refractivity contribution is -0.114. The molecule has 0 bridgehead atoms. The molecule has 6 nitrogen and oxygen atoms in total. The maximum absolute atomic E-state index is 13.2. The van der Waals surface area contributed by atoms with Crippen molar-refractivity contribution >= 4 is 34.6 Å². The molecule has 1 aromatic heterocycles. The minimum Gasteiger partial charge on any atom is -0.326 e. The number of anilines is 1. The van der Waals surface area contributed by atoms with Crippen molar-refractivity contribution in [1.29, 1.82) is 0 Å². The molecule has 1 N–H and O–H groups in total. The molecule has 0 saturated heterocycles. The van der Waals surface area contributed by atoms with Crippen molar-refractivity contribution in [2.75, 3.05) is 5.32 Å². The largest absolute Gasteiger partial charge is 0.326 e. The molecule has 32 heavy (non-hydrogen) atoms. The number of thiazole rings is 1. The average molecular weight is 452 g/mol. The summed E-state index contributed by atoms with van der Waals surface area (Å²) in [4.78, 5) is 42.8. The monoisotopic (exact) mass is 451 g/mol. The van der Waals surface area contributed by atoms with E-state index in [1.54, 1.807) is 24.3 Å². The van der Waals surface area contributed by atoms with Crippen molar-refractivity contribution in [3.63, 3.8) is 0 Å². The SMILES string of the molecule is CC(=O)Nc1ccc(C(=O)N=c2sc3c(n2CC(=O)c2ccc(F)cc2)CCCC3)cc1. The third kappa shape index (κ3) is 4.91. The molecule has 4 rings (SSSR count). The molecule has 2 aromatic carbocycles. The maximum Gasteiger partial charge on any atom is 0.279 e. The van der Waals surface area contributed by atoms with Crippen LogP contribution >= 0.6 is 11.3 Å². The standard InChI is InChI=1S/C24H22FN3O3S/c1-15(29)26-19-12-8-17(9-13-19)23(31)27-24-28(20-4-2-3-5-22(20)32-24)14-21(30)16-6-10-18(25)11-7-16/h6-13H,2-5,14H2,1H3,(H,26,29). The number of hydrogen-bond donors (Lipinski definition) is 1. The van der Waals surface area contributed by atoms with Crippen LogP contribution in [0.5, 0.6) is 0 Å². The number of carbonyl (C=O) groups is 3. The number of aryl methyl sites for hydroxylation is 1. The van der Waals surface area contributed by atoms with Crippen LogP contribution in [-0.4, -0.2) is 22.2 Å². The number of rotatable bonds is 5. The fourth-order valence-corrected chi connectivity index (χ4v) is 4.92. The van der Waals surface area contributed by atoms with Gasteiger partial charge in [0.2, 0.25) is 5.91 Å². The highest BCUT2D eigenvalue weighted by atomic mass is 32.1. The van der Waals surface area contributed by atoms with Crippen LogP contribution in [0.15, 0.2) is 53.5 Å². The fourth-order valence-electron chi connectivity index (χ4n) is 3.71. The molecular formula is C24H22FN3O3S. The number of ketones is 1. The van der Waals surface area contributed by atoms with Crippen LogP contribution in [0.1, 0.15) is 51.1 Å². The maximum atomic E-state index is 13.2. The van der Waals surface area contributed by atoms with Crippen molar-refractivity contribution in [2.45, 2.75) is 39.2 Å². The first-order valence-corrected chi connectivity index (χ1v) is 11.2. The minimum atomic E-state index is -0.416. The van der Waals surface area contributed by atoms with Crippen LogP contribution in [-0.2, 0) is 24.2 Å². The topological polar surface area (TPSA) is 80.5 Å². The molecule has 8 heteroatoms. The van der Waals surface area contributed by atoms with E-state index in [1.807, 2.05) is 4.57 Å². The summed E-state index contributed by atoms with van der Waals surface area (Å²) in [5, 5.41) is 2.66. The van der Waals surface area contributed by atoms with Crippen LogP contribution in [0.4, 0.5) is 10.1 Å². The Labute approximate surface area is 188 Å². The third-order valence-electron chi connectivity index (χ3n) is 5.28. The minimum absolute atomic E-state index is 0.0467. The van der Waals surface area contributed by atoms with Crippen LogP contribution in [0.3, 0.4) is 0 Å². The lowest BCUT2D eigenvalue weighted by atomic mass is 10.0. The highest BCUT2D eigenvalue weighted by Gasteiger charge is 2.20. The molecular weight excluding hydrogens is 429 g/mol. The van der Waals surface area contributed by atoms with Gasteiger partial charge in [0.25, 0.3) is 5.91 Å². The Kier molecular flexibility index (Phi) is 6.41. The quantitative estimate of drug-likeness (QED) is 0.592. The van der Waals surface area contributed by atoms with E-state index >= 15 is 0 Å². The normalized spacial score (nSPS) is 13.5. The van der Waals surface area contributed by atoms with Gasteiger partial charge in [0, 0.05) is 34.3 Å². The number of Topliss-reactive ketones (excluding diaryl/α,β-unsaturated/α-hetero) is 1. The number of amides is 2. The predicted octanol–water partition coefficient (Wildman–Crippen LogP) is 4.15. The predicted molar refractivity (Wildman–Crippen MR) is 120 cm³/mol. The second kappa shape index (κ2) is 9.40. The van der Waals surface area contributed by atoms with E-state index in [1.165, 1.54) is 42.5 Å². The summed E-state index contributed by atoms with van der Waals surface area (Å²) in [6.45, 7) is 1.46. The fraction of sp³-hybridized carbons (Fsp3) is 0.250. The summed E-state index contributed by atoms with van der Waals surface area (Å²) in [6.07, 6.45) is 3.82. The van der Waals surface area contributed by atoms with Crippen molar-refractivity contribution in [2.24, 2.45) is 4.99 Å². The molecule has 0 radical (unpaired) electrons. The summed E-state index contributed by atoms with van der Waals surface area (Å²) < 4.78 is 15.0. The van der Waals surface area contributed by atoms with Crippen molar-refractivity contribution in [3.8, 4) is 0 Å². The van der Waals surface area contributed by atoms with Crippen molar-refractivity contribution in [3.05, 3.63) is 80.8 Å². The average Bonchev–Trinajstić information content (AvgIpc) is 3.11. The Morgan fingerprint density at radius 1 is 1.00 bits per heavy atom. The summed E-state index contributed by atoms with van der Waals surface area (Å²) >= 11 is 1.44. The Morgan fingerprint density at radius 3 is 2.34 bits per heavy atom. The van der Waals surface area contributed by atoms with Crippen molar-refractivity contribution in [1.82, 2.24) is 4.57 Å². The van der Waals surface area contributed by atoms with Gasteiger partial charge >= 0.3 is 0 Å². The van der Waals surface area contributed by atoms with Crippen molar-refractivity contribution < 1.29 is 18.8 Å². The smallest absolute Gasteiger partial charge is 0.279 e. The molecule has 2 amide bonds. The highest BCUT2D eigenvalue weighted by molar-refractivity contribution is 7.09. The molecule has 0 spiro atoms. The Balaban J connectivity index is 1.65. The number of nitrogens with zero attached hydrogens (tertiary/aromatic N) is 2. The zero-order valence-electron chi connectivity index (χ0n) is 17.6. The number of hydrogen-bond acceptors (Lipinski definition) is 4. The van der Waals surface area contributed by atoms with Gasteiger partial charge in [-0.25, -0.2) is 4.39 Å². The first-order chi connectivity index (χ1) is 15.4. The van der Waals surface area contributed by atoms with E-state index in [-0.39, 0.29) is 18.2 Å². The first kappa shape index (κ1) is 21.8. The summed E-state index contributed by atoms with van der Waals surface area (Å²) in [5.74, 6) is -1.16. The van der Waals surface area contributed by atoms with Crippen LogP contribution in [0.2, 0.25) is 0 Å². The number of aromatic nitrogens is 1. The molecule has 0 unspecified atom stereocenters. The first-order valence-electron chi connectivity index (χ1n) is 10.4. The van der Waals surface area contributed by atoms with Crippen LogP contribution < -0.4 is 10.1 Å². The number of fused-ring (bicyclic) bond motifs is 1. The summed E-state index contributed by atoms with van der Waals surface area (Å²) in [5.41, 5.74) is 2.45. The van der Waals surface area contributed by atoms with E-state index in [9.17, 15) is 18.8 Å². The molecule has 0 saturated carbocycles. The van der Waals surface area contributed by atoms with Crippen LogP contribution in [0, 0.1) is 5.82 Å². The van der Waals surface area contributed by atoms with Gasteiger partial charge in [-0.1, -0.05) is 0 Å². The number of halogens is 1. The number of carbonyl (C=O) groups excluding carboxylic acids is 3. The van der Waals surface area contributed by atoms with Gasteiger partial charge in [-0.15, -0.1) is 11.3 Å². The second-order valence-corrected chi connectivity index (χ2v) is 8.72. The van der Waals surface area contributed by atoms with Crippen LogP contribution in [0.25, 0.3) is 0 Å². The molecule has 3 aromatic rings. The van der Waals surface area contributed by atoms with E-state index in [0.29, 0.717) is 21.6 Å². The van der Waals surface area contributed by atoms with Gasteiger partial charge in [0.1, 0.15) is 5.82 Å². The number of nitrogens with one attached hydrogen (secondary N) is 1. The molecule has 0 aliphatic heterocycles. The number of benzene rings is 2. The van der Waals surface area contributed by atoms with Gasteiger partial charge in [0.15, 0.2) is 10.6 Å². The molecule has 1 aliphatic carbocycles. The summed E-state index contributed by atoms with van der Waals surface area (Å²) in [6, 6.07) is 12.0. The highest BCUT2D eigenvalue weighted by Crippen LogP contribution is 2.24. The zero-order valence-corrected chi connectivity index (χ0v) is 18.4. The van der Waals surface area contributed by atoms with E-state index in [4.69, 9.17) is 0 Å². The molecule has 1 heterocycles. The molecule has 164 valence electrons. The van der Waals surface area contributed by atoms with Gasteiger partial charge in [0.05, 0.1) is 6.54 Å². The Morgan fingerprint density at radius 2 is 1.66 bits per heavy atom. The third-order valence-corrected chi connectivity index (χ3v) is 6.46.